The first kappa shape index (κ1) is 25.0. The van der Waals surface area contributed by atoms with Gasteiger partial charge in [0.1, 0.15) is 0 Å². The fourth-order valence-electron chi connectivity index (χ4n) is 7.52. The molecule has 0 atom stereocenters. The molecule has 0 saturated heterocycles. The molecule has 0 radical (unpaired) electrons. The maximum Gasteiger partial charge on any atom is 0.166 e. The fourth-order valence-corrected chi connectivity index (χ4v) is 8.76. The summed E-state index contributed by atoms with van der Waals surface area (Å²) in [4.78, 5) is 15.4. The van der Waals surface area contributed by atoms with E-state index in [4.69, 9.17) is 23.2 Å². The first-order valence-electron chi connectivity index (χ1n) is 22.1. The molecule has 11 aromatic rings. The van der Waals surface area contributed by atoms with E-state index in [2.05, 4.69) is 24.3 Å². The quantitative estimate of drug-likeness (QED) is 0.170. The fraction of sp³-hybridized carbons (Fsp3) is 0. The van der Waals surface area contributed by atoms with Gasteiger partial charge in [-0.2, -0.15) is 0 Å². The van der Waals surface area contributed by atoms with Gasteiger partial charge in [-0.05, 0) is 58.6 Å². The Hall–Kier alpha value is -7.21. The Morgan fingerprint density at radius 1 is 0.411 bits per heavy atom. The van der Waals surface area contributed by atoms with Crippen LogP contribution in [-0.2, 0) is 0 Å². The zero-order valence-electron chi connectivity index (χ0n) is 37.6. The van der Waals surface area contributed by atoms with Gasteiger partial charge in [0.2, 0.25) is 0 Å². The summed E-state index contributed by atoms with van der Waals surface area (Å²) in [6.07, 6.45) is 0. The molecule has 0 N–H and O–H groups in total. The molecule has 11 rings (SSSR count). The molecule has 0 spiro atoms. The van der Waals surface area contributed by atoms with Crippen LogP contribution in [0.2, 0.25) is 0 Å². The number of nitrogens with zero attached hydrogens (tertiary/aromatic N) is 4. The lowest BCUT2D eigenvalue weighted by atomic mass is 9.99. The summed E-state index contributed by atoms with van der Waals surface area (Å²) in [5, 5.41) is 2.21. The van der Waals surface area contributed by atoms with E-state index < -0.39 is 48.3 Å². The molecule has 0 amide bonds. The van der Waals surface area contributed by atoms with Crippen molar-refractivity contribution in [3.8, 4) is 62.1 Å². The summed E-state index contributed by atoms with van der Waals surface area (Å²) in [6, 6.07) is 44.1. The predicted molar refractivity (Wildman–Crippen MR) is 234 cm³/mol. The molecule has 262 valence electrons. The average Bonchev–Trinajstić information content (AvgIpc) is 3.91. The van der Waals surface area contributed by atoms with Crippen molar-refractivity contribution in [1.82, 2.24) is 19.5 Å². The normalized spacial score (nSPS) is 13.6. The highest BCUT2D eigenvalue weighted by atomic mass is 32.1. The van der Waals surface area contributed by atoms with Gasteiger partial charge in [0.25, 0.3) is 0 Å². The second-order valence-corrected chi connectivity index (χ2v) is 14.5. The summed E-state index contributed by atoms with van der Waals surface area (Å²) in [6.45, 7) is 0. The minimum Gasteiger partial charge on any atom is -0.309 e. The van der Waals surface area contributed by atoms with E-state index in [-0.39, 0.29) is 27.6 Å². The highest BCUT2D eigenvalue weighted by Gasteiger charge is 2.21. The molecule has 0 fully saturated rings. The van der Waals surface area contributed by atoms with Crippen LogP contribution >= 0.6 is 11.3 Å². The largest absolute Gasteiger partial charge is 0.309 e. The number of para-hydroxylation sites is 2. The van der Waals surface area contributed by atoms with Gasteiger partial charge in [-0.3, -0.25) is 0 Å². The van der Waals surface area contributed by atoms with E-state index >= 15 is 0 Å². The van der Waals surface area contributed by atoms with Crippen LogP contribution in [0.3, 0.4) is 0 Å². The molecule has 0 aliphatic carbocycles. The Labute approximate surface area is 338 Å². The number of hydrogen-bond acceptors (Lipinski definition) is 4. The summed E-state index contributed by atoms with van der Waals surface area (Å²) >= 11 is 1.69. The molecule has 0 saturated carbocycles. The Bertz CT molecular complexity index is 3640. The summed E-state index contributed by atoms with van der Waals surface area (Å²) < 4.78 is 75.4. The number of rotatable bonds is 6. The second kappa shape index (κ2) is 13.3. The minimum atomic E-state index is -0.511. The molecular formula is C51H32N4S. The van der Waals surface area contributed by atoms with Gasteiger partial charge in [0.15, 0.2) is 17.5 Å². The highest BCUT2D eigenvalue weighted by Crippen LogP contribution is 2.43. The standard InChI is InChI=1S/C51H32N4S/c1-3-15-33(16-4-1)35-19-13-20-37(31-35)50-52-49(34-17-5-2-6-18-34)53-51(54-50)43-32-36(38-24-14-25-42-41-23-9-12-28-47(41)56-48(38)42)29-30-46(43)55-44-26-10-7-21-39(44)40-22-8-11-27-45(40)55/h1-32H/i7D,8D,10D,11D,21D,22D,26D,27D. The van der Waals surface area contributed by atoms with Crippen LogP contribution in [0, 0.1) is 0 Å². The Morgan fingerprint density at radius 2 is 1.00 bits per heavy atom. The van der Waals surface area contributed by atoms with E-state index in [9.17, 15) is 2.74 Å². The van der Waals surface area contributed by atoms with E-state index in [0.29, 0.717) is 22.9 Å². The van der Waals surface area contributed by atoms with Gasteiger partial charge in [0, 0.05) is 47.6 Å². The van der Waals surface area contributed by atoms with Crippen molar-refractivity contribution in [1.29, 1.82) is 0 Å². The Balaban J connectivity index is 1.27. The zero-order valence-corrected chi connectivity index (χ0v) is 30.4. The van der Waals surface area contributed by atoms with Crippen molar-refractivity contribution in [3.63, 3.8) is 0 Å². The molecule has 0 aliphatic heterocycles. The average molecular weight is 741 g/mol. The lowest BCUT2D eigenvalue weighted by Crippen LogP contribution is -2.04. The Kier molecular flexibility index (Phi) is 5.92. The van der Waals surface area contributed by atoms with Gasteiger partial charge >= 0.3 is 0 Å². The third kappa shape index (κ3) is 5.40. The monoisotopic (exact) mass is 740 g/mol. The molecule has 0 aliphatic rings. The van der Waals surface area contributed by atoms with Crippen LogP contribution in [0.5, 0.6) is 0 Å². The van der Waals surface area contributed by atoms with Crippen LogP contribution in [-0.4, -0.2) is 19.5 Å². The van der Waals surface area contributed by atoms with Gasteiger partial charge in [-0.15, -0.1) is 11.3 Å². The number of fused-ring (bicyclic) bond motifs is 6. The van der Waals surface area contributed by atoms with E-state index in [0.717, 1.165) is 53.6 Å². The number of benzene rings is 8. The maximum atomic E-state index is 9.31. The SMILES string of the molecule is [2H]c1c([2H])c([2H])c2c(c1[2H])c1c([2H])c([2H])c([2H])c([2H])c1n2-c1ccc(-c2cccc3c2sc2ccccc23)cc1-c1nc(-c2ccccc2)nc(-c2cccc(-c3ccccc3)c2)n1. The predicted octanol–water partition coefficient (Wildman–Crippen LogP) is 13.7. The van der Waals surface area contributed by atoms with E-state index in [1.807, 2.05) is 121 Å². The van der Waals surface area contributed by atoms with Crippen molar-refractivity contribution >= 4 is 53.3 Å². The first-order valence-corrected chi connectivity index (χ1v) is 18.9. The summed E-state index contributed by atoms with van der Waals surface area (Å²) in [5.41, 5.74) is 6.01. The van der Waals surface area contributed by atoms with Crippen molar-refractivity contribution in [3.05, 3.63) is 194 Å². The van der Waals surface area contributed by atoms with Crippen molar-refractivity contribution < 1.29 is 11.0 Å². The molecule has 0 unspecified atom stereocenters. The molecule has 56 heavy (non-hydrogen) atoms. The first-order chi connectivity index (χ1) is 31.1. The van der Waals surface area contributed by atoms with Gasteiger partial charge in [-0.25, -0.2) is 15.0 Å². The van der Waals surface area contributed by atoms with Crippen molar-refractivity contribution in [2.24, 2.45) is 0 Å². The van der Waals surface area contributed by atoms with Crippen LogP contribution in [0.4, 0.5) is 0 Å². The van der Waals surface area contributed by atoms with Gasteiger partial charge in [0.05, 0.1) is 27.7 Å². The molecule has 3 heterocycles. The third-order valence-corrected chi connectivity index (χ3v) is 11.3. The highest BCUT2D eigenvalue weighted by molar-refractivity contribution is 7.26. The van der Waals surface area contributed by atoms with Gasteiger partial charge < -0.3 is 4.57 Å². The van der Waals surface area contributed by atoms with Crippen molar-refractivity contribution in [2.75, 3.05) is 0 Å². The summed E-state index contributed by atoms with van der Waals surface area (Å²) in [7, 11) is 0. The molecular weight excluding hydrogens is 701 g/mol. The second-order valence-electron chi connectivity index (χ2n) is 13.4. The molecule has 4 nitrogen and oxygen atoms in total. The van der Waals surface area contributed by atoms with Crippen LogP contribution < -0.4 is 0 Å². The van der Waals surface area contributed by atoms with Crippen LogP contribution in [0.1, 0.15) is 11.0 Å². The maximum absolute atomic E-state index is 9.31. The smallest absolute Gasteiger partial charge is 0.166 e. The van der Waals surface area contributed by atoms with Crippen LogP contribution in [0.15, 0.2) is 194 Å². The summed E-state index contributed by atoms with van der Waals surface area (Å²) in [5.74, 6) is 1.02. The zero-order chi connectivity index (χ0) is 44.0. The third-order valence-electron chi connectivity index (χ3n) is 10.1. The Morgan fingerprint density at radius 3 is 1.77 bits per heavy atom. The number of hydrogen-bond donors (Lipinski definition) is 0. The minimum absolute atomic E-state index is 0.00160. The van der Waals surface area contributed by atoms with Crippen LogP contribution in [0.25, 0.3) is 104 Å². The molecule has 3 aromatic heterocycles. The lowest BCUT2D eigenvalue weighted by Gasteiger charge is -2.16. The number of aromatic nitrogens is 4. The van der Waals surface area contributed by atoms with Crippen molar-refractivity contribution in [2.45, 2.75) is 0 Å². The molecule has 5 heteroatoms. The molecule has 0 bridgehead atoms. The lowest BCUT2D eigenvalue weighted by molar-refractivity contribution is 1.06. The van der Waals surface area contributed by atoms with Gasteiger partial charge in [-0.1, -0.05) is 158 Å². The van der Waals surface area contributed by atoms with E-state index in [1.165, 1.54) is 4.57 Å². The number of thiophene rings is 1. The topological polar surface area (TPSA) is 43.6 Å². The molecule has 8 aromatic carbocycles. The van der Waals surface area contributed by atoms with E-state index in [1.54, 1.807) is 11.3 Å².